The molecule has 3 aromatic rings. The lowest BCUT2D eigenvalue weighted by Gasteiger charge is -2.28. The van der Waals surface area contributed by atoms with Crippen LogP contribution < -0.4 is 10.6 Å². The highest BCUT2D eigenvalue weighted by atomic mass is 16.2. The smallest absolute Gasteiger partial charge is 0.253 e. The Morgan fingerprint density at radius 1 is 0.903 bits per heavy atom. The van der Waals surface area contributed by atoms with Gasteiger partial charge in [-0.25, -0.2) is 0 Å². The van der Waals surface area contributed by atoms with Crippen molar-refractivity contribution in [2.45, 2.75) is 25.9 Å². The van der Waals surface area contributed by atoms with Gasteiger partial charge in [-0.2, -0.15) is 0 Å². The van der Waals surface area contributed by atoms with E-state index in [1.807, 2.05) is 49.4 Å². The van der Waals surface area contributed by atoms with Crippen molar-refractivity contribution >= 4 is 17.5 Å². The standard InChI is InChI=1S/C26H27N3O2/c1-19(20-9-3-2-4-10-20)27-26(31)23-13-7-8-14-24(23)28-25(30)18-29-16-15-21-11-5-6-12-22(21)17-29/h2-14,19H,15-18H2,1H3,(H,27,31)(H,28,30)/t19-/m0/s1. The molecule has 0 saturated carbocycles. The fourth-order valence-electron chi connectivity index (χ4n) is 3.97. The molecule has 3 aromatic carbocycles. The number of hydrogen-bond acceptors (Lipinski definition) is 3. The molecule has 4 rings (SSSR count). The third-order valence-electron chi connectivity index (χ3n) is 5.67. The summed E-state index contributed by atoms with van der Waals surface area (Å²) in [5.41, 5.74) is 4.65. The molecule has 0 radical (unpaired) electrons. The summed E-state index contributed by atoms with van der Waals surface area (Å²) in [6.45, 7) is 3.86. The molecule has 5 nitrogen and oxygen atoms in total. The van der Waals surface area contributed by atoms with Crippen molar-refractivity contribution in [3.05, 3.63) is 101 Å². The molecule has 158 valence electrons. The summed E-state index contributed by atoms with van der Waals surface area (Å²) in [6, 6.07) is 25.2. The van der Waals surface area contributed by atoms with Crippen LogP contribution in [0.1, 0.15) is 40.0 Å². The molecule has 0 saturated heterocycles. The van der Waals surface area contributed by atoms with Gasteiger partial charge < -0.3 is 10.6 Å². The lowest BCUT2D eigenvalue weighted by atomic mass is 10.00. The number of nitrogens with one attached hydrogen (secondary N) is 2. The van der Waals surface area contributed by atoms with Crippen LogP contribution in [0, 0.1) is 0 Å². The van der Waals surface area contributed by atoms with E-state index in [-0.39, 0.29) is 17.9 Å². The van der Waals surface area contributed by atoms with Crippen molar-refractivity contribution in [3.8, 4) is 0 Å². The van der Waals surface area contributed by atoms with Gasteiger partial charge in [0.25, 0.3) is 5.91 Å². The predicted octanol–water partition coefficient (Wildman–Crippen LogP) is 4.17. The molecule has 1 heterocycles. The number of rotatable bonds is 6. The van der Waals surface area contributed by atoms with E-state index in [9.17, 15) is 9.59 Å². The molecular weight excluding hydrogens is 386 g/mol. The normalized spacial score (nSPS) is 14.4. The molecule has 5 heteroatoms. The second-order valence-corrected chi connectivity index (χ2v) is 7.93. The number of nitrogens with zero attached hydrogens (tertiary/aromatic N) is 1. The summed E-state index contributed by atoms with van der Waals surface area (Å²) < 4.78 is 0. The fraction of sp³-hybridized carbons (Fsp3) is 0.231. The van der Waals surface area contributed by atoms with Crippen molar-refractivity contribution in [1.29, 1.82) is 0 Å². The number of benzene rings is 3. The Morgan fingerprint density at radius 3 is 2.39 bits per heavy atom. The maximum absolute atomic E-state index is 12.9. The molecule has 0 aromatic heterocycles. The molecule has 2 amide bonds. The maximum atomic E-state index is 12.9. The summed E-state index contributed by atoms with van der Waals surface area (Å²) in [7, 11) is 0. The average molecular weight is 414 g/mol. The van der Waals surface area contributed by atoms with Crippen LogP contribution in [0.4, 0.5) is 5.69 Å². The highest BCUT2D eigenvalue weighted by molar-refractivity contribution is 6.04. The van der Waals surface area contributed by atoms with Gasteiger partial charge in [0.1, 0.15) is 0 Å². The number of fused-ring (bicyclic) bond motifs is 1. The summed E-state index contributed by atoms with van der Waals surface area (Å²) in [6.07, 6.45) is 0.944. The molecule has 0 spiro atoms. The molecule has 0 bridgehead atoms. The van der Waals surface area contributed by atoms with Crippen molar-refractivity contribution < 1.29 is 9.59 Å². The van der Waals surface area contributed by atoms with E-state index in [1.165, 1.54) is 11.1 Å². The number of anilines is 1. The van der Waals surface area contributed by atoms with Crippen LogP contribution in [-0.2, 0) is 17.8 Å². The third kappa shape index (κ3) is 5.19. The van der Waals surface area contributed by atoms with Gasteiger partial charge in [-0.1, -0.05) is 66.7 Å². The van der Waals surface area contributed by atoms with Crippen molar-refractivity contribution in [1.82, 2.24) is 10.2 Å². The quantitative estimate of drug-likeness (QED) is 0.637. The highest BCUT2D eigenvalue weighted by Gasteiger charge is 2.20. The van der Waals surface area contributed by atoms with Crippen LogP contribution in [0.2, 0.25) is 0 Å². The summed E-state index contributed by atoms with van der Waals surface area (Å²) in [4.78, 5) is 27.7. The predicted molar refractivity (Wildman–Crippen MR) is 123 cm³/mol. The second kappa shape index (κ2) is 9.58. The minimum atomic E-state index is -0.209. The zero-order valence-corrected chi connectivity index (χ0v) is 17.7. The first kappa shape index (κ1) is 20.8. The minimum Gasteiger partial charge on any atom is -0.345 e. The van der Waals surface area contributed by atoms with E-state index in [0.717, 1.165) is 25.1 Å². The van der Waals surface area contributed by atoms with Crippen LogP contribution >= 0.6 is 0 Å². The number of amides is 2. The van der Waals surface area contributed by atoms with E-state index in [1.54, 1.807) is 18.2 Å². The SMILES string of the molecule is C[C@H](NC(=O)c1ccccc1NC(=O)CN1CCc2ccccc2C1)c1ccccc1. The van der Waals surface area contributed by atoms with Crippen molar-refractivity contribution in [2.75, 3.05) is 18.4 Å². The molecular formula is C26H27N3O2. The number of carbonyl (C=O) groups is 2. The molecule has 1 aliphatic rings. The minimum absolute atomic E-state index is 0.115. The zero-order chi connectivity index (χ0) is 21.6. The monoisotopic (exact) mass is 413 g/mol. The first-order valence-corrected chi connectivity index (χ1v) is 10.6. The van der Waals surface area contributed by atoms with Gasteiger partial charge in [0, 0.05) is 13.1 Å². The number of carbonyl (C=O) groups excluding carboxylic acids is 2. The van der Waals surface area contributed by atoms with Crippen LogP contribution in [0.15, 0.2) is 78.9 Å². The van der Waals surface area contributed by atoms with Crippen molar-refractivity contribution in [2.24, 2.45) is 0 Å². The number of para-hydroxylation sites is 1. The van der Waals surface area contributed by atoms with Gasteiger partial charge in [-0.3, -0.25) is 14.5 Å². The summed E-state index contributed by atoms with van der Waals surface area (Å²) in [5.74, 6) is -0.324. The third-order valence-corrected chi connectivity index (χ3v) is 5.67. The van der Waals surface area contributed by atoms with Crippen LogP contribution in [0.25, 0.3) is 0 Å². The van der Waals surface area contributed by atoms with Gasteiger partial charge in [0.05, 0.1) is 23.8 Å². The van der Waals surface area contributed by atoms with Gasteiger partial charge >= 0.3 is 0 Å². The lowest BCUT2D eigenvalue weighted by molar-refractivity contribution is -0.117. The second-order valence-electron chi connectivity index (χ2n) is 7.93. The molecule has 31 heavy (non-hydrogen) atoms. The molecule has 1 aliphatic heterocycles. The van der Waals surface area contributed by atoms with Crippen LogP contribution in [0.5, 0.6) is 0 Å². The Labute approximate surface area is 183 Å². The van der Waals surface area contributed by atoms with Gasteiger partial charge in [-0.05, 0) is 42.2 Å². The Kier molecular flexibility index (Phi) is 6.43. The highest BCUT2D eigenvalue weighted by Crippen LogP contribution is 2.20. The van der Waals surface area contributed by atoms with E-state index >= 15 is 0 Å². The van der Waals surface area contributed by atoms with Gasteiger partial charge in [0.2, 0.25) is 5.91 Å². The van der Waals surface area contributed by atoms with E-state index < -0.39 is 0 Å². The van der Waals surface area contributed by atoms with Crippen molar-refractivity contribution in [3.63, 3.8) is 0 Å². The summed E-state index contributed by atoms with van der Waals surface area (Å²) in [5, 5.41) is 5.95. The fourth-order valence-corrected chi connectivity index (χ4v) is 3.97. The molecule has 1 atom stereocenters. The molecule has 0 unspecified atom stereocenters. The molecule has 0 fully saturated rings. The Morgan fingerprint density at radius 2 is 1.58 bits per heavy atom. The molecule has 2 N–H and O–H groups in total. The van der Waals surface area contributed by atoms with Gasteiger partial charge in [-0.15, -0.1) is 0 Å². The van der Waals surface area contributed by atoms with Crippen LogP contribution in [0.3, 0.4) is 0 Å². The first-order valence-electron chi connectivity index (χ1n) is 10.6. The Balaban J connectivity index is 1.39. The molecule has 0 aliphatic carbocycles. The summed E-state index contributed by atoms with van der Waals surface area (Å²) >= 11 is 0. The number of hydrogen-bond donors (Lipinski definition) is 2. The van der Waals surface area contributed by atoms with E-state index in [0.29, 0.717) is 17.8 Å². The largest absolute Gasteiger partial charge is 0.345 e. The van der Waals surface area contributed by atoms with Crippen LogP contribution in [-0.4, -0.2) is 29.8 Å². The maximum Gasteiger partial charge on any atom is 0.253 e. The Hall–Kier alpha value is -3.44. The topological polar surface area (TPSA) is 61.4 Å². The lowest BCUT2D eigenvalue weighted by Crippen LogP contribution is -2.37. The Bertz CT molecular complexity index is 1070. The first-order chi connectivity index (χ1) is 15.1. The average Bonchev–Trinajstić information content (AvgIpc) is 2.79. The van der Waals surface area contributed by atoms with E-state index in [2.05, 4.69) is 33.7 Å². The zero-order valence-electron chi connectivity index (χ0n) is 17.7. The van der Waals surface area contributed by atoms with Gasteiger partial charge in [0.15, 0.2) is 0 Å². The van der Waals surface area contributed by atoms with E-state index in [4.69, 9.17) is 0 Å².